The molecular weight excluding hydrogens is 567 g/mol. The van der Waals surface area contributed by atoms with Crippen molar-refractivity contribution in [3.8, 4) is 23.3 Å². The number of alkyl halides is 3. The minimum absolute atomic E-state index is 0.0544. The number of benzene rings is 2. The summed E-state index contributed by atoms with van der Waals surface area (Å²) in [6, 6.07) is 11.3. The van der Waals surface area contributed by atoms with E-state index in [0.717, 1.165) is 41.3 Å². The lowest BCUT2D eigenvalue weighted by Crippen LogP contribution is -2.38. The Morgan fingerprint density at radius 3 is 2.49 bits per heavy atom. The summed E-state index contributed by atoms with van der Waals surface area (Å²) in [6.45, 7) is 2.31. The molecule has 11 nitrogen and oxygen atoms in total. The number of thiazole rings is 1. The van der Waals surface area contributed by atoms with Crippen molar-refractivity contribution in [2.45, 2.75) is 44.4 Å². The SMILES string of the molecule is O=[N+]([O-])c1cn2c(n1)OC(COc1ccc3nc(N4CCC(Oc5ccc(OC(F)(F)F)cc5)CC4)sc3c1)CC2. The second kappa shape index (κ2) is 11.0. The molecule has 2 aliphatic rings. The maximum atomic E-state index is 12.4. The lowest BCUT2D eigenvalue weighted by molar-refractivity contribution is -0.389. The maximum absolute atomic E-state index is 12.4. The van der Waals surface area contributed by atoms with Crippen LogP contribution in [0.3, 0.4) is 0 Å². The fourth-order valence-electron chi connectivity index (χ4n) is 4.72. The number of imidazole rings is 1. The van der Waals surface area contributed by atoms with Crippen LogP contribution >= 0.6 is 11.3 Å². The van der Waals surface area contributed by atoms with Crippen LogP contribution in [0, 0.1) is 10.1 Å². The van der Waals surface area contributed by atoms with Crippen molar-refractivity contribution in [3.05, 3.63) is 58.8 Å². The summed E-state index contributed by atoms with van der Waals surface area (Å²) in [7, 11) is 0. The molecule has 41 heavy (non-hydrogen) atoms. The number of aryl methyl sites for hydroxylation is 1. The van der Waals surface area contributed by atoms with E-state index in [2.05, 4.69) is 14.6 Å². The van der Waals surface area contributed by atoms with E-state index in [9.17, 15) is 23.3 Å². The normalized spacial score (nSPS) is 17.6. The maximum Gasteiger partial charge on any atom is 0.573 e. The average molecular weight is 592 g/mol. The molecule has 2 aromatic heterocycles. The number of halogens is 3. The van der Waals surface area contributed by atoms with Gasteiger partial charge >= 0.3 is 18.2 Å². The topological polar surface area (TPSA) is 114 Å². The van der Waals surface area contributed by atoms with Crippen molar-refractivity contribution in [3.63, 3.8) is 0 Å². The third-order valence-corrected chi connectivity index (χ3v) is 7.81. The Hall–Kier alpha value is -4.27. The van der Waals surface area contributed by atoms with E-state index in [1.165, 1.54) is 30.5 Å². The van der Waals surface area contributed by atoms with Crippen molar-refractivity contribution >= 4 is 32.5 Å². The van der Waals surface area contributed by atoms with Gasteiger partial charge in [0.1, 0.15) is 42.3 Å². The number of ether oxygens (including phenoxy) is 4. The number of aromatic nitrogens is 3. The van der Waals surface area contributed by atoms with Crippen LogP contribution in [-0.4, -0.2) is 57.7 Å². The molecule has 0 saturated carbocycles. The van der Waals surface area contributed by atoms with Crippen LogP contribution in [0.25, 0.3) is 10.2 Å². The molecule has 0 spiro atoms. The van der Waals surface area contributed by atoms with Crippen molar-refractivity contribution in [2.24, 2.45) is 0 Å². The monoisotopic (exact) mass is 591 g/mol. The molecule has 15 heteroatoms. The molecule has 0 amide bonds. The van der Waals surface area contributed by atoms with Crippen LogP contribution in [-0.2, 0) is 6.54 Å². The summed E-state index contributed by atoms with van der Waals surface area (Å²) in [4.78, 5) is 21.3. The average Bonchev–Trinajstić information content (AvgIpc) is 3.56. The molecule has 0 radical (unpaired) electrons. The summed E-state index contributed by atoms with van der Waals surface area (Å²) >= 11 is 1.57. The van der Waals surface area contributed by atoms with Gasteiger partial charge in [0.15, 0.2) is 5.13 Å². The van der Waals surface area contributed by atoms with Crippen molar-refractivity contribution in [1.29, 1.82) is 0 Å². The largest absolute Gasteiger partial charge is 0.573 e. The quantitative estimate of drug-likeness (QED) is 0.191. The number of fused-ring (bicyclic) bond motifs is 2. The zero-order chi connectivity index (χ0) is 28.6. The number of anilines is 1. The summed E-state index contributed by atoms with van der Waals surface area (Å²) in [5.74, 6) is 0.649. The Balaban J connectivity index is 1.01. The van der Waals surface area contributed by atoms with Crippen LogP contribution in [0.1, 0.15) is 19.3 Å². The highest BCUT2D eigenvalue weighted by Gasteiger charge is 2.31. The van der Waals surface area contributed by atoms with E-state index in [1.54, 1.807) is 15.9 Å². The van der Waals surface area contributed by atoms with Gasteiger partial charge < -0.3 is 34.0 Å². The lowest BCUT2D eigenvalue weighted by atomic mass is 10.1. The second-order valence-electron chi connectivity index (χ2n) is 9.62. The Kier molecular flexibility index (Phi) is 7.19. The lowest BCUT2D eigenvalue weighted by Gasteiger charge is -2.31. The fourth-order valence-corrected chi connectivity index (χ4v) is 5.77. The predicted octanol–water partition coefficient (Wildman–Crippen LogP) is 5.58. The van der Waals surface area contributed by atoms with Crippen LogP contribution in [0.4, 0.5) is 24.1 Å². The van der Waals surface area contributed by atoms with Gasteiger partial charge in [0.25, 0.3) is 0 Å². The number of piperidine rings is 1. The Morgan fingerprint density at radius 1 is 1.02 bits per heavy atom. The molecule has 1 atom stereocenters. The van der Waals surface area contributed by atoms with Crippen LogP contribution in [0.15, 0.2) is 48.7 Å². The molecule has 1 unspecified atom stereocenters. The van der Waals surface area contributed by atoms with Gasteiger partial charge in [-0.2, -0.15) is 0 Å². The van der Waals surface area contributed by atoms with Crippen LogP contribution in [0.5, 0.6) is 23.3 Å². The molecule has 2 aromatic carbocycles. The number of nitro groups is 1. The second-order valence-corrected chi connectivity index (χ2v) is 10.6. The van der Waals surface area contributed by atoms with Crippen molar-refractivity contribution < 1.29 is 37.0 Å². The van der Waals surface area contributed by atoms with E-state index < -0.39 is 11.3 Å². The van der Waals surface area contributed by atoms with Crippen LogP contribution < -0.4 is 23.8 Å². The molecule has 6 rings (SSSR count). The van der Waals surface area contributed by atoms with E-state index in [0.29, 0.717) is 24.5 Å². The smallest absolute Gasteiger partial charge is 0.490 e. The molecule has 4 heterocycles. The first kappa shape index (κ1) is 26.9. The molecule has 1 fully saturated rings. The number of hydrogen-bond acceptors (Lipinski definition) is 10. The van der Waals surface area contributed by atoms with Gasteiger partial charge in [0, 0.05) is 43.9 Å². The molecule has 4 aromatic rings. The Bertz CT molecular complexity index is 1530. The molecule has 216 valence electrons. The van der Waals surface area contributed by atoms with Gasteiger partial charge in [-0.05, 0) is 47.4 Å². The highest BCUT2D eigenvalue weighted by molar-refractivity contribution is 7.22. The minimum atomic E-state index is -4.73. The Morgan fingerprint density at radius 2 is 1.76 bits per heavy atom. The van der Waals surface area contributed by atoms with Gasteiger partial charge in [0.05, 0.1) is 10.2 Å². The predicted molar refractivity (Wildman–Crippen MR) is 142 cm³/mol. The zero-order valence-electron chi connectivity index (χ0n) is 21.5. The first-order valence-corrected chi connectivity index (χ1v) is 13.7. The van der Waals surface area contributed by atoms with Gasteiger partial charge in [0.2, 0.25) is 0 Å². The zero-order valence-corrected chi connectivity index (χ0v) is 22.3. The molecule has 2 aliphatic heterocycles. The van der Waals surface area contributed by atoms with Gasteiger partial charge in [-0.3, -0.25) is 4.57 Å². The highest BCUT2D eigenvalue weighted by atomic mass is 32.1. The van der Waals surface area contributed by atoms with E-state index in [1.807, 2.05) is 18.2 Å². The summed E-state index contributed by atoms with van der Waals surface area (Å²) in [6.07, 6.45) is -1.55. The fraction of sp³-hybridized carbons (Fsp3) is 0.385. The van der Waals surface area contributed by atoms with Gasteiger partial charge in [-0.25, -0.2) is 4.98 Å². The summed E-state index contributed by atoms with van der Waals surface area (Å²) in [5.41, 5.74) is 0.861. The third kappa shape index (κ3) is 6.39. The number of hydrogen-bond donors (Lipinski definition) is 0. The van der Waals surface area contributed by atoms with E-state index >= 15 is 0 Å². The molecular formula is C26H24F3N5O6S. The summed E-state index contributed by atoms with van der Waals surface area (Å²) < 4.78 is 61.3. The third-order valence-electron chi connectivity index (χ3n) is 6.74. The van der Waals surface area contributed by atoms with E-state index in [-0.39, 0.29) is 36.4 Å². The number of rotatable bonds is 8. The molecule has 1 saturated heterocycles. The highest BCUT2D eigenvalue weighted by Crippen LogP contribution is 2.34. The van der Waals surface area contributed by atoms with Crippen LogP contribution in [0.2, 0.25) is 0 Å². The van der Waals surface area contributed by atoms with Gasteiger partial charge in [-0.1, -0.05) is 11.3 Å². The molecule has 0 N–H and O–H groups in total. The van der Waals surface area contributed by atoms with Crippen molar-refractivity contribution in [1.82, 2.24) is 14.5 Å². The van der Waals surface area contributed by atoms with Gasteiger partial charge in [-0.15, -0.1) is 13.2 Å². The first-order valence-electron chi connectivity index (χ1n) is 12.9. The van der Waals surface area contributed by atoms with E-state index in [4.69, 9.17) is 19.2 Å². The Labute approximate surface area is 235 Å². The molecule has 0 bridgehead atoms. The minimum Gasteiger partial charge on any atom is -0.490 e. The van der Waals surface area contributed by atoms with Crippen molar-refractivity contribution in [2.75, 3.05) is 24.6 Å². The first-order chi connectivity index (χ1) is 19.7. The standard InChI is InChI=1S/C26H24F3N5O6S/c27-26(28,29)40-18-3-1-16(2-4-18)38-17-7-10-32(11-8-17)25-30-21-6-5-19(13-22(21)41-25)37-15-20-9-12-33-14-23(34(35)36)31-24(33)39-20/h1-6,13-14,17,20H,7-12,15H2. The number of nitrogens with zero attached hydrogens (tertiary/aromatic N) is 5. The summed E-state index contributed by atoms with van der Waals surface area (Å²) in [5, 5.41) is 11.8. The molecule has 0 aliphatic carbocycles.